The highest BCUT2D eigenvalue weighted by molar-refractivity contribution is 5.60. The summed E-state index contributed by atoms with van der Waals surface area (Å²) in [6.07, 6.45) is 3.70. The number of anilines is 2. The second kappa shape index (κ2) is 5.80. The fourth-order valence-corrected chi connectivity index (χ4v) is 3.18. The van der Waals surface area contributed by atoms with Gasteiger partial charge in [0.2, 0.25) is 0 Å². The van der Waals surface area contributed by atoms with Crippen LogP contribution >= 0.6 is 0 Å². The first-order valence-electron chi connectivity index (χ1n) is 7.77. The normalized spacial score (nSPS) is 17.2. The van der Waals surface area contributed by atoms with Crippen molar-refractivity contribution in [2.24, 2.45) is 0 Å². The largest absolute Gasteiger partial charge is 0.378 e. The number of rotatable bonds is 3. The molecule has 0 aliphatic heterocycles. The highest BCUT2D eigenvalue weighted by Gasteiger charge is 2.19. The van der Waals surface area contributed by atoms with Crippen LogP contribution in [0.2, 0.25) is 0 Å². The Kier molecular flexibility index (Phi) is 3.87. The summed E-state index contributed by atoms with van der Waals surface area (Å²) in [4.78, 5) is 2.15. The van der Waals surface area contributed by atoms with Crippen LogP contribution in [0.25, 0.3) is 0 Å². The summed E-state index contributed by atoms with van der Waals surface area (Å²) in [6, 6.07) is 15.9. The van der Waals surface area contributed by atoms with E-state index in [0.717, 1.165) is 0 Å². The van der Waals surface area contributed by atoms with Gasteiger partial charge in [0.1, 0.15) is 0 Å². The van der Waals surface area contributed by atoms with E-state index in [9.17, 15) is 0 Å². The molecule has 2 aromatic rings. The third-order valence-electron chi connectivity index (χ3n) is 4.43. The van der Waals surface area contributed by atoms with E-state index in [1.54, 1.807) is 0 Å². The smallest absolute Gasteiger partial charge is 0.0516 e. The van der Waals surface area contributed by atoms with Gasteiger partial charge in [0.15, 0.2) is 0 Å². The van der Waals surface area contributed by atoms with E-state index in [4.69, 9.17) is 0 Å². The van der Waals surface area contributed by atoms with Crippen molar-refractivity contribution in [1.82, 2.24) is 0 Å². The Labute approximate surface area is 127 Å². The molecule has 0 saturated carbocycles. The van der Waals surface area contributed by atoms with Gasteiger partial charge in [0, 0.05) is 25.5 Å². The van der Waals surface area contributed by atoms with Gasteiger partial charge >= 0.3 is 0 Å². The van der Waals surface area contributed by atoms with Gasteiger partial charge in [-0.05, 0) is 61.1 Å². The molecule has 2 aromatic carbocycles. The maximum absolute atomic E-state index is 3.75. The lowest BCUT2D eigenvalue weighted by atomic mass is 9.87. The van der Waals surface area contributed by atoms with Crippen molar-refractivity contribution < 1.29 is 0 Å². The third-order valence-corrected chi connectivity index (χ3v) is 4.43. The maximum Gasteiger partial charge on any atom is 0.0516 e. The molecule has 1 aliphatic rings. The molecule has 3 rings (SSSR count). The summed E-state index contributed by atoms with van der Waals surface area (Å²) < 4.78 is 0. The van der Waals surface area contributed by atoms with E-state index in [1.165, 1.54) is 47.3 Å². The van der Waals surface area contributed by atoms with Crippen molar-refractivity contribution in [2.75, 3.05) is 24.3 Å². The van der Waals surface area contributed by atoms with Gasteiger partial charge in [0.05, 0.1) is 6.04 Å². The van der Waals surface area contributed by atoms with Gasteiger partial charge in [-0.15, -0.1) is 0 Å². The van der Waals surface area contributed by atoms with Crippen molar-refractivity contribution in [2.45, 2.75) is 32.2 Å². The minimum absolute atomic E-state index is 0.443. The van der Waals surface area contributed by atoms with Crippen LogP contribution < -0.4 is 10.2 Å². The predicted octanol–water partition coefficient (Wildman–Crippen LogP) is 4.55. The van der Waals surface area contributed by atoms with Crippen LogP contribution in [0.4, 0.5) is 11.4 Å². The second-order valence-electron chi connectivity index (χ2n) is 6.18. The van der Waals surface area contributed by atoms with Crippen molar-refractivity contribution in [3.63, 3.8) is 0 Å². The minimum Gasteiger partial charge on any atom is -0.378 e. The first-order chi connectivity index (χ1) is 10.1. The molecule has 1 unspecified atom stereocenters. The van der Waals surface area contributed by atoms with Gasteiger partial charge in [-0.2, -0.15) is 0 Å². The molecule has 1 N–H and O–H groups in total. The van der Waals surface area contributed by atoms with Crippen molar-refractivity contribution in [3.8, 4) is 0 Å². The van der Waals surface area contributed by atoms with Crippen LogP contribution in [0.15, 0.2) is 42.5 Å². The highest BCUT2D eigenvalue weighted by atomic mass is 15.1. The average molecular weight is 280 g/mol. The molecule has 2 heteroatoms. The molecule has 0 heterocycles. The highest BCUT2D eigenvalue weighted by Crippen LogP contribution is 2.33. The van der Waals surface area contributed by atoms with Crippen LogP contribution in [0, 0.1) is 6.92 Å². The molecular weight excluding hydrogens is 256 g/mol. The molecule has 21 heavy (non-hydrogen) atoms. The van der Waals surface area contributed by atoms with Crippen molar-refractivity contribution in [3.05, 3.63) is 59.2 Å². The molecular formula is C19H24N2. The van der Waals surface area contributed by atoms with Gasteiger partial charge in [-0.25, -0.2) is 0 Å². The molecule has 0 fully saturated rings. The summed E-state index contributed by atoms with van der Waals surface area (Å²) in [5, 5.41) is 3.75. The van der Waals surface area contributed by atoms with Gasteiger partial charge in [-0.3, -0.25) is 0 Å². The standard InChI is InChI=1S/C19H24N2/c1-14-13-16(21(2)3)11-12-18(14)20-19-10-6-8-15-7-4-5-9-17(15)19/h4-5,7,9,11-13,19-20H,6,8,10H2,1-3H3. The van der Waals surface area contributed by atoms with Crippen LogP contribution in [0.1, 0.15) is 35.6 Å². The van der Waals surface area contributed by atoms with E-state index in [1.807, 2.05) is 0 Å². The number of nitrogens with one attached hydrogen (secondary N) is 1. The fraction of sp³-hybridized carbons (Fsp3) is 0.368. The third kappa shape index (κ3) is 2.90. The Morgan fingerprint density at radius 1 is 1.10 bits per heavy atom. The average Bonchev–Trinajstić information content (AvgIpc) is 2.49. The molecule has 110 valence electrons. The Bertz CT molecular complexity index is 631. The molecule has 0 radical (unpaired) electrons. The summed E-state index contributed by atoms with van der Waals surface area (Å²) in [5.41, 5.74) is 6.79. The van der Waals surface area contributed by atoms with Crippen LogP contribution in [-0.4, -0.2) is 14.1 Å². The Hall–Kier alpha value is -1.96. The number of aryl methyl sites for hydroxylation is 2. The zero-order valence-electron chi connectivity index (χ0n) is 13.2. The summed E-state index contributed by atoms with van der Waals surface area (Å²) >= 11 is 0. The first kappa shape index (κ1) is 14.0. The van der Waals surface area contributed by atoms with Gasteiger partial charge in [0.25, 0.3) is 0 Å². The zero-order chi connectivity index (χ0) is 14.8. The number of nitrogens with zero attached hydrogens (tertiary/aromatic N) is 1. The van der Waals surface area contributed by atoms with Crippen molar-refractivity contribution >= 4 is 11.4 Å². The van der Waals surface area contributed by atoms with Gasteiger partial charge < -0.3 is 10.2 Å². The predicted molar refractivity (Wildman–Crippen MR) is 91.2 cm³/mol. The topological polar surface area (TPSA) is 15.3 Å². The quantitative estimate of drug-likeness (QED) is 0.887. The fourth-order valence-electron chi connectivity index (χ4n) is 3.18. The second-order valence-corrected chi connectivity index (χ2v) is 6.18. The molecule has 0 bridgehead atoms. The van der Waals surface area contributed by atoms with E-state index in [-0.39, 0.29) is 0 Å². The number of hydrogen-bond acceptors (Lipinski definition) is 2. The summed E-state index contributed by atoms with van der Waals surface area (Å²) in [5.74, 6) is 0. The lowest BCUT2D eigenvalue weighted by Crippen LogP contribution is -2.18. The molecule has 1 aliphatic carbocycles. The van der Waals surface area contributed by atoms with E-state index < -0.39 is 0 Å². The Balaban J connectivity index is 1.85. The Morgan fingerprint density at radius 2 is 1.90 bits per heavy atom. The summed E-state index contributed by atoms with van der Waals surface area (Å²) in [6.45, 7) is 2.18. The van der Waals surface area contributed by atoms with E-state index in [0.29, 0.717) is 6.04 Å². The molecule has 0 saturated heterocycles. The number of fused-ring (bicyclic) bond motifs is 1. The number of hydrogen-bond donors (Lipinski definition) is 1. The zero-order valence-corrected chi connectivity index (χ0v) is 13.2. The maximum atomic E-state index is 3.75. The van der Waals surface area contributed by atoms with Crippen LogP contribution in [-0.2, 0) is 6.42 Å². The van der Waals surface area contributed by atoms with E-state index in [2.05, 4.69) is 73.7 Å². The van der Waals surface area contributed by atoms with Crippen LogP contribution in [0.3, 0.4) is 0 Å². The van der Waals surface area contributed by atoms with E-state index >= 15 is 0 Å². The first-order valence-corrected chi connectivity index (χ1v) is 7.77. The molecule has 0 spiro atoms. The molecule has 0 aromatic heterocycles. The summed E-state index contributed by atoms with van der Waals surface area (Å²) in [7, 11) is 4.17. The lowest BCUT2D eigenvalue weighted by molar-refractivity contribution is 0.600. The Morgan fingerprint density at radius 3 is 2.67 bits per heavy atom. The molecule has 2 nitrogen and oxygen atoms in total. The SMILES string of the molecule is Cc1cc(N(C)C)ccc1NC1CCCc2ccccc21. The molecule has 0 amide bonds. The van der Waals surface area contributed by atoms with Gasteiger partial charge in [-0.1, -0.05) is 24.3 Å². The lowest BCUT2D eigenvalue weighted by Gasteiger charge is -2.28. The van der Waals surface area contributed by atoms with Crippen LogP contribution in [0.5, 0.6) is 0 Å². The minimum atomic E-state index is 0.443. The van der Waals surface area contributed by atoms with Crippen molar-refractivity contribution in [1.29, 1.82) is 0 Å². The monoisotopic (exact) mass is 280 g/mol. The molecule has 1 atom stereocenters. The number of benzene rings is 2.